The minimum Gasteiger partial charge on any atom is -0.310 e. The van der Waals surface area contributed by atoms with Crippen LogP contribution in [-0.4, -0.2) is 6.54 Å². The SMILES string of the molecule is CCNC(Cc1cc(Cl)ccc1Cl)c1cccc(C)c1. The molecule has 2 rings (SSSR count). The van der Waals surface area contributed by atoms with E-state index in [-0.39, 0.29) is 6.04 Å². The predicted molar refractivity (Wildman–Crippen MR) is 87.8 cm³/mol. The summed E-state index contributed by atoms with van der Waals surface area (Å²) in [5, 5.41) is 5.01. The van der Waals surface area contributed by atoms with Crippen LogP contribution in [0.2, 0.25) is 10.0 Å². The average molecular weight is 308 g/mol. The highest BCUT2D eigenvalue weighted by Gasteiger charge is 2.13. The van der Waals surface area contributed by atoms with Crippen molar-refractivity contribution in [1.82, 2.24) is 5.32 Å². The van der Waals surface area contributed by atoms with Crippen LogP contribution in [-0.2, 0) is 6.42 Å². The van der Waals surface area contributed by atoms with Crippen LogP contribution in [0.25, 0.3) is 0 Å². The fraction of sp³-hybridized carbons (Fsp3) is 0.294. The minimum absolute atomic E-state index is 0.246. The first kappa shape index (κ1) is 15.4. The highest BCUT2D eigenvalue weighted by atomic mass is 35.5. The Morgan fingerprint density at radius 2 is 1.90 bits per heavy atom. The molecule has 0 amide bonds. The van der Waals surface area contributed by atoms with Gasteiger partial charge in [0.25, 0.3) is 0 Å². The van der Waals surface area contributed by atoms with E-state index in [2.05, 4.69) is 43.4 Å². The van der Waals surface area contributed by atoms with Gasteiger partial charge in [-0.1, -0.05) is 60.0 Å². The molecule has 2 aromatic carbocycles. The molecule has 0 bridgehead atoms. The summed E-state index contributed by atoms with van der Waals surface area (Å²) < 4.78 is 0. The summed E-state index contributed by atoms with van der Waals surface area (Å²) in [6.07, 6.45) is 0.830. The molecule has 0 spiro atoms. The molecule has 0 saturated heterocycles. The molecular weight excluding hydrogens is 289 g/mol. The Kier molecular flexibility index (Phi) is 5.47. The van der Waals surface area contributed by atoms with Crippen LogP contribution in [0.5, 0.6) is 0 Å². The van der Waals surface area contributed by atoms with Crippen molar-refractivity contribution in [2.75, 3.05) is 6.54 Å². The summed E-state index contributed by atoms with van der Waals surface area (Å²) in [6, 6.07) is 14.4. The summed E-state index contributed by atoms with van der Waals surface area (Å²) in [6.45, 7) is 5.14. The van der Waals surface area contributed by atoms with E-state index in [0.717, 1.165) is 28.6 Å². The van der Waals surface area contributed by atoms with Crippen molar-refractivity contribution >= 4 is 23.2 Å². The highest BCUT2D eigenvalue weighted by Crippen LogP contribution is 2.26. The molecular formula is C17H19Cl2N. The Hall–Kier alpha value is -1.02. The molecule has 0 radical (unpaired) electrons. The summed E-state index contributed by atoms with van der Waals surface area (Å²) >= 11 is 12.3. The first-order valence-corrected chi connectivity index (χ1v) is 7.59. The third kappa shape index (κ3) is 3.99. The van der Waals surface area contributed by atoms with E-state index in [9.17, 15) is 0 Å². The quantitative estimate of drug-likeness (QED) is 0.801. The van der Waals surface area contributed by atoms with Crippen LogP contribution in [0.15, 0.2) is 42.5 Å². The maximum Gasteiger partial charge on any atom is 0.0439 e. The lowest BCUT2D eigenvalue weighted by Gasteiger charge is -2.20. The fourth-order valence-corrected chi connectivity index (χ4v) is 2.75. The van der Waals surface area contributed by atoms with E-state index in [4.69, 9.17) is 23.2 Å². The number of hydrogen-bond acceptors (Lipinski definition) is 1. The van der Waals surface area contributed by atoms with Crippen molar-refractivity contribution in [3.63, 3.8) is 0 Å². The predicted octanol–water partition coefficient (Wildman–Crippen LogP) is 5.20. The van der Waals surface area contributed by atoms with Crippen molar-refractivity contribution in [2.45, 2.75) is 26.3 Å². The molecule has 0 aliphatic heterocycles. The molecule has 0 aliphatic carbocycles. The van der Waals surface area contributed by atoms with Gasteiger partial charge in [0.2, 0.25) is 0 Å². The number of aryl methyl sites for hydroxylation is 1. The lowest BCUT2D eigenvalue weighted by atomic mass is 9.97. The lowest BCUT2D eigenvalue weighted by Crippen LogP contribution is -2.23. The summed E-state index contributed by atoms with van der Waals surface area (Å²) in [5.74, 6) is 0. The van der Waals surface area contributed by atoms with E-state index < -0.39 is 0 Å². The standard InChI is InChI=1S/C17H19Cl2N/c1-3-20-17(13-6-4-5-12(2)9-13)11-14-10-15(18)7-8-16(14)19/h4-10,17,20H,3,11H2,1-2H3. The molecule has 0 saturated carbocycles. The zero-order valence-corrected chi connectivity index (χ0v) is 13.3. The van der Waals surface area contributed by atoms with Crippen LogP contribution in [0.4, 0.5) is 0 Å². The smallest absolute Gasteiger partial charge is 0.0439 e. The van der Waals surface area contributed by atoms with Gasteiger partial charge in [-0.15, -0.1) is 0 Å². The van der Waals surface area contributed by atoms with Gasteiger partial charge in [-0.25, -0.2) is 0 Å². The van der Waals surface area contributed by atoms with Crippen molar-refractivity contribution in [1.29, 1.82) is 0 Å². The lowest BCUT2D eigenvalue weighted by molar-refractivity contribution is 0.549. The number of halogens is 2. The van der Waals surface area contributed by atoms with Crippen molar-refractivity contribution < 1.29 is 0 Å². The number of likely N-dealkylation sites (N-methyl/N-ethyl adjacent to an activating group) is 1. The number of rotatable bonds is 5. The first-order valence-electron chi connectivity index (χ1n) is 6.84. The largest absolute Gasteiger partial charge is 0.310 e. The second-order valence-corrected chi connectivity index (χ2v) is 5.81. The van der Waals surface area contributed by atoms with E-state index in [1.165, 1.54) is 11.1 Å². The van der Waals surface area contributed by atoms with Crippen molar-refractivity contribution in [3.8, 4) is 0 Å². The van der Waals surface area contributed by atoms with Gasteiger partial charge in [-0.05, 0) is 49.2 Å². The van der Waals surface area contributed by atoms with E-state index in [0.29, 0.717) is 0 Å². The van der Waals surface area contributed by atoms with E-state index >= 15 is 0 Å². The molecule has 106 valence electrons. The third-order valence-corrected chi connectivity index (χ3v) is 3.93. The van der Waals surface area contributed by atoms with E-state index in [1.807, 2.05) is 18.2 Å². The third-order valence-electron chi connectivity index (χ3n) is 3.33. The van der Waals surface area contributed by atoms with E-state index in [1.54, 1.807) is 0 Å². The van der Waals surface area contributed by atoms with Crippen molar-refractivity contribution in [3.05, 3.63) is 69.2 Å². The Morgan fingerprint density at radius 1 is 1.10 bits per heavy atom. The van der Waals surface area contributed by atoms with Crippen LogP contribution in [0.3, 0.4) is 0 Å². The molecule has 1 unspecified atom stereocenters. The number of benzene rings is 2. The maximum atomic E-state index is 6.27. The molecule has 1 N–H and O–H groups in total. The molecule has 0 aliphatic rings. The normalized spacial score (nSPS) is 12.4. The molecule has 20 heavy (non-hydrogen) atoms. The molecule has 0 heterocycles. The van der Waals surface area contributed by atoms with Gasteiger partial charge in [0.1, 0.15) is 0 Å². The zero-order chi connectivity index (χ0) is 14.5. The second kappa shape index (κ2) is 7.12. The van der Waals surface area contributed by atoms with Gasteiger partial charge >= 0.3 is 0 Å². The monoisotopic (exact) mass is 307 g/mol. The van der Waals surface area contributed by atoms with Crippen LogP contribution in [0, 0.1) is 6.92 Å². The molecule has 3 heteroatoms. The average Bonchev–Trinajstić information content (AvgIpc) is 2.42. The van der Waals surface area contributed by atoms with Crippen LogP contribution < -0.4 is 5.32 Å². The van der Waals surface area contributed by atoms with Crippen LogP contribution >= 0.6 is 23.2 Å². The topological polar surface area (TPSA) is 12.0 Å². The second-order valence-electron chi connectivity index (χ2n) is 4.96. The molecule has 2 aromatic rings. The molecule has 0 aromatic heterocycles. The van der Waals surface area contributed by atoms with Gasteiger partial charge < -0.3 is 5.32 Å². The van der Waals surface area contributed by atoms with Gasteiger partial charge in [0, 0.05) is 16.1 Å². The molecule has 1 nitrogen and oxygen atoms in total. The Labute approximate surface area is 130 Å². The highest BCUT2D eigenvalue weighted by molar-refractivity contribution is 6.33. The molecule has 0 fully saturated rings. The Morgan fingerprint density at radius 3 is 2.60 bits per heavy atom. The summed E-state index contributed by atoms with van der Waals surface area (Å²) in [7, 11) is 0. The maximum absolute atomic E-state index is 6.27. The summed E-state index contributed by atoms with van der Waals surface area (Å²) in [5.41, 5.74) is 3.62. The summed E-state index contributed by atoms with van der Waals surface area (Å²) in [4.78, 5) is 0. The van der Waals surface area contributed by atoms with Crippen LogP contribution in [0.1, 0.15) is 29.7 Å². The first-order chi connectivity index (χ1) is 9.60. The Bertz CT molecular complexity index is 581. The number of hydrogen-bond donors (Lipinski definition) is 1. The van der Waals surface area contributed by atoms with Gasteiger partial charge in [0.05, 0.1) is 0 Å². The van der Waals surface area contributed by atoms with Crippen molar-refractivity contribution in [2.24, 2.45) is 0 Å². The molecule has 1 atom stereocenters. The fourth-order valence-electron chi connectivity index (χ4n) is 2.36. The zero-order valence-electron chi connectivity index (χ0n) is 11.8. The van der Waals surface area contributed by atoms with Gasteiger partial charge in [-0.3, -0.25) is 0 Å². The van der Waals surface area contributed by atoms with Gasteiger partial charge in [0.15, 0.2) is 0 Å². The number of nitrogens with one attached hydrogen (secondary N) is 1. The van der Waals surface area contributed by atoms with Gasteiger partial charge in [-0.2, -0.15) is 0 Å². The minimum atomic E-state index is 0.246. The Balaban J connectivity index is 2.27.